The average molecular weight is 327 g/mol. The van der Waals surface area contributed by atoms with Crippen LogP contribution in [0.4, 0.5) is 0 Å². The number of fused-ring (bicyclic) bond motifs is 3. The van der Waals surface area contributed by atoms with Gasteiger partial charge in [-0.1, -0.05) is 0 Å². The topological polar surface area (TPSA) is 75.4 Å². The second kappa shape index (κ2) is 7.55. The molecule has 1 aromatic heterocycles. The van der Waals surface area contributed by atoms with E-state index in [9.17, 15) is 0 Å². The van der Waals surface area contributed by atoms with Gasteiger partial charge in [0, 0.05) is 30.0 Å². The quantitative estimate of drug-likeness (QED) is 0.624. The van der Waals surface area contributed by atoms with Gasteiger partial charge in [0.25, 0.3) is 0 Å². The molecule has 0 saturated carbocycles. The van der Waals surface area contributed by atoms with Gasteiger partial charge in [-0.2, -0.15) is 0 Å². The van der Waals surface area contributed by atoms with E-state index in [-0.39, 0.29) is 0 Å². The Kier molecular flexibility index (Phi) is 5.23. The average Bonchev–Trinajstić information content (AvgIpc) is 2.88. The van der Waals surface area contributed by atoms with Crippen LogP contribution in [0.2, 0.25) is 0 Å². The van der Waals surface area contributed by atoms with Crippen LogP contribution in [0.5, 0.6) is 11.5 Å². The summed E-state index contributed by atoms with van der Waals surface area (Å²) in [5.41, 5.74) is 13.3. The summed E-state index contributed by atoms with van der Waals surface area (Å²) in [5, 5.41) is 2.43. The molecule has 3 rings (SSSR count). The van der Waals surface area contributed by atoms with Crippen molar-refractivity contribution in [1.29, 1.82) is 0 Å². The lowest BCUT2D eigenvalue weighted by Crippen LogP contribution is -2.06. The lowest BCUT2D eigenvalue weighted by atomic mass is 10.1. The normalized spacial score (nSPS) is 11.3. The van der Waals surface area contributed by atoms with Crippen LogP contribution in [-0.2, 0) is 7.05 Å². The predicted molar refractivity (Wildman–Crippen MR) is 98.8 cm³/mol. The highest BCUT2D eigenvalue weighted by atomic mass is 16.5. The minimum atomic E-state index is 0.642. The standard InChI is InChI=1S/C19H25N3O2/c1-22-18-12-14(23-10-2-8-20)4-6-16(18)17-7-5-15(13-19(17)22)24-11-3-9-21/h4-7,12-13H,2-3,8-11,20-21H2,1H3. The molecular formula is C19H25N3O2. The van der Waals surface area contributed by atoms with Crippen molar-refractivity contribution in [3.05, 3.63) is 36.4 Å². The monoisotopic (exact) mass is 327 g/mol. The molecule has 0 unspecified atom stereocenters. The lowest BCUT2D eigenvalue weighted by Gasteiger charge is -2.06. The number of aromatic nitrogens is 1. The van der Waals surface area contributed by atoms with E-state index in [0.717, 1.165) is 35.4 Å². The Bertz CT molecular complexity index is 759. The molecule has 4 N–H and O–H groups in total. The smallest absolute Gasteiger partial charge is 0.121 e. The first-order chi connectivity index (χ1) is 11.7. The van der Waals surface area contributed by atoms with E-state index in [4.69, 9.17) is 20.9 Å². The second-order valence-corrected chi connectivity index (χ2v) is 5.90. The number of hydrogen-bond acceptors (Lipinski definition) is 4. The highest BCUT2D eigenvalue weighted by molar-refractivity contribution is 6.08. The van der Waals surface area contributed by atoms with Gasteiger partial charge in [-0.3, -0.25) is 0 Å². The molecule has 128 valence electrons. The Morgan fingerprint density at radius 2 is 1.25 bits per heavy atom. The maximum Gasteiger partial charge on any atom is 0.121 e. The lowest BCUT2D eigenvalue weighted by molar-refractivity contribution is 0.313. The van der Waals surface area contributed by atoms with Crippen molar-refractivity contribution in [3.63, 3.8) is 0 Å². The van der Waals surface area contributed by atoms with Crippen molar-refractivity contribution >= 4 is 21.8 Å². The third kappa shape index (κ3) is 3.32. The van der Waals surface area contributed by atoms with Crippen molar-refractivity contribution in [3.8, 4) is 11.5 Å². The number of nitrogens with two attached hydrogens (primary N) is 2. The Morgan fingerprint density at radius 1 is 0.792 bits per heavy atom. The molecule has 1 heterocycles. The summed E-state index contributed by atoms with van der Waals surface area (Å²) in [4.78, 5) is 0. The van der Waals surface area contributed by atoms with Crippen molar-refractivity contribution in [2.24, 2.45) is 18.5 Å². The van der Waals surface area contributed by atoms with Crippen LogP contribution in [0.1, 0.15) is 12.8 Å². The Morgan fingerprint density at radius 3 is 1.67 bits per heavy atom. The third-order valence-corrected chi connectivity index (χ3v) is 4.19. The number of rotatable bonds is 8. The van der Waals surface area contributed by atoms with Crippen LogP contribution in [0.25, 0.3) is 21.8 Å². The number of benzene rings is 2. The van der Waals surface area contributed by atoms with E-state index < -0.39 is 0 Å². The minimum absolute atomic E-state index is 0.642. The van der Waals surface area contributed by atoms with Gasteiger partial charge in [-0.05, 0) is 50.2 Å². The first-order valence-electron chi connectivity index (χ1n) is 8.42. The largest absolute Gasteiger partial charge is 0.493 e. The molecule has 0 bridgehead atoms. The van der Waals surface area contributed by atoms with Gasteiger partial charge in [0.15, 0.2) is 0 Å². The van der Waals surface area contributed by atoms with Crippen molar-refractivity contribution < 1.29 is 9.47 Å². The molecular weight excluding hydrogens is 302 g/mol. The summed E-state index contributed by atoms with van der Waals surface area (Å²) in [6, 6.07) is 12.4. The summed E-state index contributed by atoms with van der Waals surface area (Å²) in [7, 11) is 2.07. The maximum absolute atomic E-state index is 5.76. The van der Waals surface area contributed by atoms with E-state index >= 15 is 0 Å². The highest BCUT2D eigenvalue weighted by Gasteiger charge is 2.10. The zero-order valence-electron chi connectivity index (χ0n) is 14.1. The van der Waals surface area contributed by atoms with Gasteiger partial charge in [0.05, 0.1) is 24.2 Å². The maximum atomic E-state index is 5.76. The van der Waals surface area contributed by atoms with Gasteiger partial charge in [-0.15, -0.1) is 0 Å². The molecule has 0 aliphatic heterocycles. The molecule has 0 saturated heterocycles. The third-order valence-electron chi connectivity index (χ3n) is 4.19. The van der Waals surface area contributed by atoms with Gasteiger partial charge in [0.2, 0.25) is 0 Å². The summed E-state index contributed by atoms with van der Waals surface area (Å²) in [6.45, 7) is 2.57. The molecule has 2 aromatic carbocycles. The molecule has 5 nitrogen and oxygen atoms in total. The van der Waals surface area contributed by atoms with Gasteiger partial charge in [0.1, 0.15) is 11.5 Å². The van der Waals surface area contributed by atoms with Gasteiger partial charge < -0.3 is 25.5 Å². The molecule has 5 heteroatoms. The van der Waals surface area contributed by atoms with Gasteiger partial charge in [-0.25, -0.2) is 0 Å². The fraction of sp³-hybridized carbons (Fsp3) is 0.368. The van der Waals surface area contributed by atoms with Crippen LogP contribution in [-0.4, -0.2) is 30.9 Å². The zero-order chi connectivity index (χ0) is 16.9. The minimum Gasteiger partial charge on any atom is -0.493 e. The van der Waals surface area contributed by atoms with Crippen LogP contribution in [0, 0.1) is 0 Å². The molecule has 0 spiro atoms. The van der Waals surface area contributed by atoms with E-state index in [1.165, 1.54) is 10.8 Å². The van der Waals surface area contributed by atoms with Crippen LogP contribution < -0.4 is 20.9 Å². The first kappa shape index (κ1) is 16.6. The summed E-state index contributed by atoms with van der Waals surface area (Å²) >= 11 is 0. The molecule has 3 aromatic rings. The number of ether oxygens (including phenoxy) is 2. The Hall–Kier alpha value is -2.24. The fourth-order valence-corrected chi connectivity index (χ4v) is 2.89. The van der Waals surface area contributed by atoms with Crippen molar-refractivity contribution in [2.45, 2.75) is 12.8 Å². The summed E-state index contributed by atoms with van der Waals surface area (Å²) in [5.74, 6) is 1.75. The molecule has 0 atom stereocenters. The molecule has 24 heavy (non-hydrogen) atoms. The fourth-order valence-electron chi connectivity index (χ4n) is 2.89. The van der Waals surface area contributed by atoms with E-state index in [0.29, 0.717) is 26.3 Å². The SMILES string of the molecule is Cn1c2cc(OCCCN)ccc2c2ccc(OCCCN)cc21. The molecule has 0 amide bonds. The Balaban J connectivity index is 1.93. The van der Waals surface area contributed by atoms with Crippen LogP contribution in [0.15, 0.2) is 36.4 Å². The van der Waals surface area contributed by atoms with E-state index in [1.54, 1.807) is 0 Å². The predicted octanol–water partition coefficient (Wildman–Crippen LogP) is 2.79. The van der Waals surface area contributed by atoms with Crippen molar-refractivity contribution in [1.82, 2.24) is 4.57 Å². The number of aryl methyl sites for hydroxylation is 1. The van der Waals surface area contributed by atoms with Crippen LogP contribution >= 0.6 is 0 Å². The molecule has 0 fully saturated rings. The first-order valence-corrected chi connectivity index (χ1v) is 8.42. The molecule has 0 aliphatic rings. The number of hydrogen-bond donors (Lipinski definition) is 2. The number of nitrogens with zero attached hydrogens (tertiary/aromatic N) is 1. The highest BCUT2D eigenvalue weighted by Crippen LogP contribution is 2.32. The summed E-state index contributed by atoms with van der Waals surface area (Å²) in [6.07, 6.45) is 1.72. The zero-order valence-corrected chi connectivity index (χ0v) is 14.1. The van der Waals surface area contributed by atoms with Crippen molar-refractivity contribution in [2.75, 3.05) is 26.3 Å². The van der Waals surface area contributed by atoms with E-state index in [1.807, 2.05) is 12.1 Å². The second-order valence-electron chi connectivity index (χ2n) is 5.90. The summed E-state index contributed by atoms with van der Waals surface area (Å²) < 4.78 is 13.7. The Labute approximate surface area is 142 Å². The molecule has 0 radical (unpaired) electrons. The van der Waals surface area contributed by atoms with E-state index in [2.05, 4.69) is 35.9 Å². The van der Waals surface area contributed by atoms with Crippen LogP contribution in [0.3, 0.4) is 0 Å². The molecule has 0 aliphatic carbocycles. The van der Waals surface area contributed by atoms with Gasteiger partial charge >= 0.3 is 0 Å².